The second-order valence-electron chi connectivity index (χ2n) is 6.72. The molecule has 1 heterocycles. The van der Waals surface area contributed by atoms with Crippen molar-refractivity contribution in [3.8, 4) is 5.75 Å². The molecule has 1 aromatic carbocycles. The zero-order chi connectivity index (χ0) is 17.2. The molecule has 1 aliphatic heterocycles. The van der Waals surface area contributed by atoms with E-state index < -0.39 is 5.97 Å². The van der Waals surface area contributed by atoms with Crippen molar-refractivity contribution in [2.24, 2.45) is 11.3 Å². The lowest BCUT2D eigenvalue weighted by Crippen LogP contribution is -2.40. The Morgan fingerprint density at radius 2 is 2.00 bits per heavy atom. The molecule has 3 rings (SSSR count). The second-order valence-corrected chi connectivity index (χ2v) is 7.57. The molecule has 1 N–H and O–H groups in total. The molecule has 2 fully saturated rings. The molecule has 2 aliphatic rings. The summed E-state index contributed by atoms with van der Waals surface area (Å²) in [4.78, 5) is 25.2. The lowest BCUT2D eigenvalue weighted by Gasteiger charge is -2.32. The third-order valence-electron chi connectivity index (χ3n) is 5.23. The van der Waals surface area contributed by atoms with Gasteiger partial charge in [-0.15, -0.1) is 0 Å². The van der Waals surface area contributed by atoms with Crippen LogP contribution in [0.15, 0.2) is 28.7 Å². The average molecular weight is 396 g/mol. The second kappa shape index (κ2) is 7.13. The van der Waals surface area contributed by atoms with Gasteiger partial charge in [-0.1, -0.05) is 12.1 Å². The van der Waals surface area contributed by atoms with E-state index in [2.05, 4.69) is 15.9 Å². The predicted molar refractivity (Wildman–Crippen MR) is 92.9 cm³/mol. The van der Waals surface area contributed by atoms with Crippen LogP contribution in [0.3, 0.4) is 0 Å². The molecule has 1 aliphatic carbocycles. The summed E-state index contributed by atoms with van der Waals surface area (Å²) in [6, 6.07) is 7.66. The molecule has 0 aromatic heterocycles. The summed E-state index contributed by atoms with van der Waals surface area (Å²) in [5, 5.41) is 9.10. The fourth-order valence-electron chi connectivity index (χ4n) is 3.58. The smallest absolute Gasteiger partial charge is 0.307 e. The van der Waals surface area contributed by atoms with Gasteiger partial charge < -0.3 is 14.7 Å². The number of piperidine rings is 1. The molecule has 1 saturated heterocycles. The maximum Gasteiger partial charge on any atom is 0.307 e. The largest absolute Gasteiger partial charge is 0.492 e. The Kier molecular flexibility index (Phi) is 5.13. The molecule has 1 atom stereocenters. The Hall–Kier alpha value is -1.56. The number of halogens is 1. The minimum absolute atomic E-state index is 0.0225. The number of nitrogens with zero attached hydrogens (tertiary/aromatic N) is 1. The van der Waals surface area contributed by atoms with Crippen LogP contribution in [0.4, 0.5) is 0 Å². The molecule has 1 saturated carbocycles. The van der Waals surface area contributed by atoms with Crippen LogP contribution in [-0.2, 0) is 9.59 Å². The van der Waals surface area contributed by atoms with Crippen LogP contribution in [0.5, 0.6) is 5.75 Å². The molecule has 1 unspecified atom stereocenters. The van der Waals surface area contributed by atoms with E-state index in [0.29, 0.717) is 32.5 Å². The molecule has 6 heteroatoms. The van der Waals surface area contributed by atoms with Crippen molar-refractivity contribution in [1.29, 1.82) is 0 Å². The van der Waals surface area contributed by atoms with Gasteiger partial charge in [-0.25, -0.2) is 0 Å². The molecule has 1 amide bonds. The minimum Gasteiger partial charge on any atom is -0.492 e. The van der Waals surface area contributed by atoms with E-state index in [4.69, 9.17) is 9.84 Å². The van der Waals surface area contributed by atoms with E-state index in [1.54, 1.807) is 0 Å². The van der Waals surface area contributed by atoms with Crippen molar-refractivity contribution in [1.82, 2.24) is 4.90 Å². The third-order valence-corrected chi connectivity index (χ3v) is 5.88. The first-order chi connectivity index (χ1) is 11.5. The SMILES string of the molecule is O=C(O)C1CC12CCN(C(=O)CCCOc1ccccc1Br)CC2. The fourth-order valence-corrected chi connectivity index (χ4v) is 3.98. The Morgan fingerprint density at radius 3 is 2.62 bits per heavy atom. The van der Waals surface area contributed by atoms with Crippen molar-refractivity contribution in [2.75, 3.05) is 19.7 Å². The van der Waals surface area contributed by atoms with Gasteiger partial charge >= 0.3 is 5.97 Å². The van der Waals surface area contributed by atoms with E-state index in [-0.39, 0.29) is 17.2 Å². The van der Waals surface area contributed by atoms with Crippen LogP contribution in [0, 0.1) is 11.3 Å². The van der Waals surface area contributed by atoms with E-state index in [1.807, 2.05) is 29.2 Å². The number of rotatable bonds is 6. The summed E-state index contributed by atoms with van der Waals surface area (Å²) in [6.45, 7) is 1.88. The number of benzene rings is 1. The number of hydrogen-bond acceptors (Lipinski definition) is 3. The zero-order valence-electron chi connectivity index (χ0n) is 13.5. The first kappa shape index (κ1) is 17.3. The molecular formula is C18H22BrNO4. The Labute approximate surface area is 150 Å². The highest BCUT2D eigenvalue weighted by atomic mass is 79.9. The maximum absolute atomic E-state index is 12.3. The number of para-hydroxylation sites is 1. The number of ether oxygens (including phenoxy) is 1. The van der Waals surface area contributed by atoms with Gasteiger partial charge in [0.2, 0.25) is 5.91 Å². The molecule has 0 radical (unpaired) electrons. The van der Waals surface area contributed by atoms with Gasteiger partial charge in [0.15, 0.2) is 0 Å². The molecule has 24 heavy (non-hydrogen) atoms. The molecular weight excluding hydrogens is 374 g/mol. The van der Waals surface area contributed by atoms with Crippen LogP contribution < -0.4 is 4.74 Å². The summed E-state index contributed by atoms with van der Waals surface area (Å²) < 4.78 is 6.59. The summed E-state index contributed by atoms with van der Waals surface area (Å²) in [5.74, 6) is 0.0675. The number of carbonyl (C=O) groups is 2. The number of amides is 1. The topological polar surface area (TPSA) is 66.8 Å². The monoisotopic (exact) mass is 395 g/mol. The van der Waals surface area contributed by atoms with Gasteiger partial charge in [0.1, 0.15) is 5.75 Å². The van der Waals surface area contributed by atoms with Gasteiger partial charge in [-0.3, -0.25) is 9.59 Å². The van der Waals surface area contributed by atoms with Crippen LogP contribution >= 0.6 is 15.9 Å². The quantitative estimate of drug-likeness (QED) is 0.750. The minimum atomic E-state index is -0.681. The number of carbonyl (C=O) groups excluding carboxylic acids is 1. The van der Waals surface area contributed by atoms with Gasteiger partial charge in [-0.05, 0) is 59.2 Å². The Bertz CT molecular complexity index is 625. The first-order valence-corrected chi connectivity index (χ1v) is 9.19. The zero-order valence-corrected chi connectivity index (χ0v) is 15.1. The number of carboxylic acids is 1. The highest BCUT2D eigenvalue weighted by molar-refractivity contribution is 9.10. The summed E-state index contributed by atoms with van der Waals surface area (Å²) in [5.41, 5.74) is -0.0225. The van der Waals surface area contributed by atoms with E-state index in [0.717, 1.165) is 29.5 Å². The number of hydrogen-bond donors (Lipinski definition) is 1. The van der Waals surface area contributed by atoms with E-state index in [9.17, 15) is 9.59 Å². The summed E-state index contributed by atoms with van der Waals surface area (Å²) in [7, 11) is 0. The van der Waals surface area contributed by atoms with Crippen LogP contribution in [-0.4, -0.2) is 41.6 Å². The number of carboxylic acid groups (broad SMARTS) is 1. The van der Waals surface area contributed by atoms with Crippen molar-refractivity contribution in [3.63, 3.8) is 0 Å². The molecule has 1 spiro atoms. The van der Waals surface area contributed by atoms with E-state index in [1.165, 1.54) is 0 Å². The maximum atomic E-state index is 12.3. The third kappa shape index (κ3) is 3.74. The van der Waals surface area contributed by atoms with Crippen molar-refractivity contribution in [2.45, 2.75) is 32.1 Å². The number of aliphatic carboxylic acids is 1. The van der Waals surface area contributed by atoms with Crippen molar-refractivity contribution < 1.29 is 19.4 Å². The van der Waals surface area contributed by atoms with Crippen molar-refractivity contribution in [3.05, 3.63) is 28.7 Å². The van der Waals surface area contributed by atoms with E-state index >= 15 is 0 Å². The Morgan fingerprint density at radius 1 is 1.29 bits per heavy atom. The average Bonchev–Trinajstić information content (AvgIpc) is 3.27. The molecule has 1 aromatic rings. The fraction of sp³-hybridized carbons (Fsp3) is 0.556. The predicted octanol–water partition coefficient (Wildman–Crippen LogP) is 3.32. The van der Waals surface area contributed by atoms with Crippen molar-refractivity contribution >= 4 is 27.8 Å². The first-order valence-electron chi connectivity index (χ1n) is 8.40. The highest BCUT2D eigenvalue weighted by Gasteiger charge is 2.59. The van der Waals surface area contributed by atoms with Crippen LogP contribution in [0.2, 0.25) is 0 Å². The normalized spacial score (nSPS) is 21.5. The van der Waals surface area contributed by atoms with Gasteiger partial charge in [0, 0.05) is 19.5 Å². The highest BCUT2D eigenvalue weighted by Crippen LogP contribution is 2.59. The van der Waals surface area contributed by atoms with Crippen LogP contribution in [0.25, 0.3) is 0 Å². The lowest BCUT2D eigenvalue weighted by atomic mass is 9.90. The molecule has 0 bridgehead atoms. The number of likely N-dealkylation sites (tertiary alicyclic amines) is 1. The summed E-state index contributed by atoms with van der Waals surface area (Å²) in [6.07, 6.45) is 3.58. The van der Waals surface area contributed by atoms with Gasteiger partial charge in [0.25, 0.3) is 0 Å². The van der Waals surface area contributed by atoms with Gasteiger partial charge in [-0.2, -0.15) is 0 Å². The standard InChI is InChI=1S/C18H22BrNO4/c19-14-4-1-2-5-15(14)24-11-3-6-16(21)20-9-7-18(8-10-20)12-13(18)17(22)23/h1-2,4-5,13H,3,6-12H2,(H,22,23). The van der Waals surface area contributed by atoms with Crippen LogP contribution in [0.1, 0.15) is 32.1 Å². The lowest BCUT2D eigenvalue weighted by molar-refractivity contribution is -0.139. The summed E-state index contributed by atoms with van der Waals surface area (Å²) >= 11 is 3.43. The van der Waals surface area contributed by atoms with Gasteiger partial charge in [0.05, 0.1) is 17.0 Å². The Balaban J connectivity index is 1.36. The molecule has 5 nitrogen and oxygen atoms in total. The molecule has 130 valence electrons.